The van der Waals surface area contributed by atoms with Crippen molar-refractivity contribution in [2.24, 2.45) is 5.92 Å². The highest BCUT2D eigenvalue weighted by Crippen LogP contribution is 2.29. The van der Waals surface area contributed by atoms with Crippen LogP contribution < -0.4 is 0 Å². The van der Waals surface area contributed by atoms with Gasteiger partial charge in [0.1, 0.15) is 6.04 Å². The number of ether oxygens (including phenoxy) is 1. The topological polar surface area (TPSA) is 115 Å². The van der Waals surface area contributed by atoms with Crippen molar-refractivity contribution in [3.8, 4) is 11.4 Å². The van der Waals surface area contributed by atoms with Gasteiger partial charge in [-0.05, 0) is 43.5 Å². The molecule has 4 rings (SSSR count). The van der Waals surface area contributed by atoms with Crippen LogP contribution in [0.15, 0.2) is 53.3 Å². The molecule has 32 heavy (non-hydrogen) atoms. The molecule has 0 saturated heterocycles. The van der Waals surface area contributed by atoms with Crippen LogP contribution in [0.5, 0.6) is 0 Å². The van der Waals surface area contributed by atoms with Crippen LogP contribution in [0.2, 0.25) is 0 Å². The van der Waals surface area contributed by atoms with Gasteiger partial charge < -0.3 is 9.26 Å². The third-order valence-electron chi connectivity index (χ3n) is 5.11. The number of amides is 2. The molecule has 3 aromatic rings. The molecule has 0 N–H and O–H groups in total. The first kappa shape index (κ1) is 21.4. The third kappa shape index (κ3) is 4.01. The number of rotatable bonds is 7. The van der Waals surface area contributed by atoms with Gasteiger partial charge in [-0.15, -0.1) is 0 Å². The summed E-state index contributed by atoms with van der Waals surface area (Å²) in [5.41, 5.74) is 1.22. The third-order valence-corrected chi connectivity index (χ3v) is 5.11. The number of hydrogen-bond donors (Lipinski definition) is 0. The second-order valence-electron chi connectivity index (χ2n) is 7.95. The second kappa shape index (κ2) is 8.70. The van der Waals surface area contributed by atoms with Crippen molar-refractivity contribution in [3.63, 3.8) is 0 Å². The van der Waals surface area contributed by atoms with E-state index in [0.717, 1.165) is 4.90 Å². The van der Waals surface area contributed by atoms with Crippen LogP contribution in [0.25, 0.3) is 11.4 Å². The molecule has 0 bridgehead atoms. The molecular weight excluding hydrogens is 412 g/mol. The van der Waals surface area contributed by atoms with Crippen molar-refractivity contribution in [3.05, 3.63) is 65.8 Å². The molecule has 1 aliphatic rings. The summed E-state index contributed by atoms with van der Waals surface area (Å²) in [6.07, 6.45) is 2.61. The molecule has 0 unspecified atom stereocenters. The zero-order valence-electron chi connectivity index (χ0n) is 17.9. The lowest BCUT2D eigenvalue weighted by molar-refractivity contribution is -0.155. The van der Waals surface area contributed by atoms with E-state index in [1.807, 2.05) is 13.8 Å². The summed E-state index contributed by atoms with van der Waals surface area (Å²) in [4.78, 5) is 48.2. The zero-order valence-corrected chi connectivity index (χ0v) is 17.9. The van der Waals surface area contributed by atoms with Crippen LogP contribution >= 0.6 is 0 Å². The van der Waals surface area contributed by atoms with E-state index < -0.39 is 29.9 Å². The predicted octanol–water partition coefficient (Wildman–Crippen LogP) is 3.45. The van der Waals surface area contributed by atoms with Gasteiger partial charge in [-0.3, -0.25) is 19.5 Å². The number of carbonyl (C=O) groups is 3. The van der Waals surface area contributed by atoms with Gasteiger partial charge in [0.25, 0.3) is 17.7 Å². The maximum atomic E-state index is 13.1. The number of nitrogens with zero attached hydrogens (tertiary/aromatic N) is 4. The largest absolute Gasteiger partial charge is 0.451 e. The van der Waals surface area contributed by atoms with Crippen LogP contribution in [0.4, 0.5) is 0 Å². The van der Waals surface area contributed by atoms with Gasteiger partial charge in [-0.1, -0.05) is 31.1 Å². The average Bonchev–Trinajstić information content (AvgIpc) is 3.37. The van der Waals surface area contributed by atoms with Gasteiger partial charge in [0, 0.05) is 18.0 Å². The minimum atomic E-state index is -1.06. The quantitative estimate of drug-likeness (QED) is 0.410. The summed E-state index contributed by atoms with van der Waals surface area (Å²) >= 11 is 0. The normalized spacial score (nSPS) is 15.1. The first-order valence-electron chi connectivity index (χ1n) is 10.3. The first-order chi connectivity index (χ1) is 15.4. The van der Waals surface area contributed by atoms with Crippen LogP contribution in [-0.2, 0) is 9.53 Å². The van der Waals surface area contributed by atoms with Gasteiger partial charge in [0.15, 0.2) is 6.10 Å². The summed E-state index contributed by atoms with van der Waals surface area (Å²) in [5.74, 6) is -1.26. The number of hydrogen-bond acceptors (Lipinski definition) is 8. The Balaban J connectivity index is 1.54. The van der Waals surface area contributed by atoms with Crippen molar-refractivity contribution in [1.29, 1.82) is 0 Å². The Kier molecular flexibility index (Phi) is 5.81. The van der Waals surface area contributed by atoms with E-state index in [-0.39, 0.29) is 29.4 Å². The Morgan fingerprint density at radius 1 is 1.06 bits per heavy atom. The number of carbonyl (C=O) groups excluding carboxylic acids is 3. The molecule has 0 aliphatic carbocycles. The minimum Gasteiger partial charge on any atom is -0.451 e. The van der Waals surface area contributed by atoms with Crippen LogP contribution in [0.1, 0.15) is 59.9 Å². The standard InChI is InChI=1S/C23H22N4O5/c1-13(2)11-18(27-21(28)16-8-4-5-9-17(16)22(27)29)23(30)31-14(3)20-25-19(26-32-20)15-7-6-10-24-12-15/h4-10,12-14,18H,11H2,1-3H3/t14-,18+/m0/s1. The van der Waals surface area contributed by atoms with E-state index in [4.69, 9.17) is 9.26 Å². The van der Waals surface area contributed by atoms with Crippen molar-refractivity contribution in [1.82, 2.24) is 20.0 Å². The highest BCUT2D eigenvalue weighted by molar-refractivity contribution is 6.22. The molecule has 0 saturated carbocycles. The maximum absolute atomic E-state index is 13.1. The lowest BCUT2D eigenvalue weighted by atomic mass is 10.0. The van der Waals surface area contributed by atoms with E-state index in [1.54, 1.807) is 55.7 Å². The molecular formula is C23H22N4O5. The average molecular weight is 434 g/mol. The minimum absolute atomic E-state index is 0.0350. The van der Waals surface area contributed by atoms with E-state index in [2.05, 4.69) is 15.1 Å². The Morgan fingerprint density at radius 3 is 2.34 bits per heavy atom. The number of imide groups is 1. The Bertz CT molecular complexity index is 1120. The first-order valence-corrected chi connectivity index (χ1v) is 10.3. The molecule has 2 aromatic heterocycles. The number of aromatic nitrogens is 3. The van der Waals surface area contributed by atoms with Crippen molar-refractivity contribution >= 4 is 17.8 Å². The molecule has 0 radical (unpaired) electrons. The number of esters is 1. The summed E-state index contributed by atoms with van der Waals surface area (Å²) in [6, 6.07) is 8.97. The molecule has 9 nitrogen and oxygen atoms in total. The molecule has 0 fully saturated rings. The van der Waals surface area contributed by atoms with Crippen molar-refractivity contribution in [2.45, 2.75) is 39.3 Å². The molecule has 1 aromatic carbocycles. The zero-order chi connectivity index (χ0) is 22.8. The summed E-state index contributed by atoms with van der Waals surface area (Å²) < 4.78 is 10.8. The highest BCUT2D eigenvalue weighted by Gasteiger charge is 2.44. The predicted molar refractivity (Wildman–Crippen MR) is 112 cm³/mol. The number of fused-ring (bicyclic) bond motifs is 1. The SMILES string of the molecule is CC(C)C[C@H](C(=O)O[C@@H](C)c1nc(-c2cccnc2)no1)N1C(=O)c2ccccc2C1=O. The van der Waals surface area contributed by atoms with Gasteiger partial charge in [-0.25, -0.2) is 4.79 Å². The van der Waals surface area contributed by atoms with E-state index >= 15 is 0 Å². The summed E-state index contributed by atoms with van der Waals surface area (Å²) in [7, 11) is 0. The number of pyridine rings is 1. The fourth-order valence-corrected chi connectivity index (χ4v) is 3.56. The Hall–Kier alpha value is -3.88. The van der Waals surface area contributed by atoms with E-state index in [1.165, 1.54) is 0 Å². The van der Waals surface area contributed by atoms with Gasteiger partial charge in [-0.2, -0.15) is 4.98 Å². The smallest absolute Gasteiger partial charge is 0.330 e. The number of benzene rings is 1. The van der Waals surface area contributed by atoms with Gasteiger partial charge in [0.05, 0.1) is 11.1 Å². The van der Waals surface area contributed by atoms with Crippen molar-refractivity contribution < 1.29 is 23.6 Å². The van der Waals surface area contributed by atoms with Crippen LogP contribution in [0, 0.1) is 5.92 Å². The lowest BCUT2D eigenvalue weighted by Crippen LogP contribution is -2.46. The van der Waals surface area contributed by atoms with Gasteiger partial charge in [0.2, 0.25) is 5.82 Å². The maximum Gasteiger partial charge on any atom is 0.330 e. The highest BCUT2D eigenvalue weighted by atomic mass is 16.6. The summed E-state index contributed by atoms with van der Waals surface area (Å²) in [5, 5.41) is 3.90. The molecule has 9 heteroatoms. The molecule has 2 atom stereocenters. The molecule has 0 spiro atoms. The second-order valence-corrected chi connectivity index (χ2v) is 7.95. The molecule has 3 heterocycles. The van der Waals surface area contributed by atoms with Gasteiger partial charge >= 0.3 is 5.97 Å². The fourth-order valence-electron chi connectivity index (χ4n) is 3.56. The van der Waals surface area contributed by atoms with Crippen LogP contribution in [0.3, 0.4) is 0 Å². The van der Waals surface area contributed by atoms with Crippen molar-refractivity contribution in [2.75, 3.05) is 0 Å². The van der Waals surface area contributed by atoms with E-state index in [0.29, 0.717) is 11.4 Å². The van der Waals surface area contributed by atoms with E-state index in [9.17, 15) is 14.4 Å². The summed E-state index contributed by atoms with van der Waals surface area (Å²) in [6.45, 7) is 5.40. The molecule has 1 aliphatic heterocycles. The lowest BCUT2D eigenvalue weighted by Gasteiger charge is -2.26. The Labute approximate surface area is 184 Å². The molecule has 2 amide bonds. The fraction of sp³-hybridized carbons (Fsp3) is 0.304. The van der Waals surface area contributed by atoms with Crippen LogP contribution in [-0.4, -0.2) is 43.9 Å². The molecule has 164 valence electrons. The Morgan fingerprint density at radius 2 is 1.75 bits per heavy atom. The monoisotopic (exact) mass is 434 g/mol.